The van der Waals surface area contributed by atoms with Crippen molar-refractivity contribution in [3.63, 3.8) is 0 Å². The quantitative estimate of drug-likeness (QED) is 0.899. The lowest BCUT2D eigenvalue weighted by Gasteiger charge is -2.10. The maximum Gasteiger partial charge on any atom is 0.175 e. The molecule has 0 fully saturated rings. The molecule has 7 heteroatoms. The second-order valence-corrected chi connectivity index (χ2v) is 7.13. The van der Waals surface area contributed by atoms with Gasteiger partial charge >= 0.3 is 0 Å². The number of aromatic nitrogens is 2. The Kier molecular flexibility index (Phi) is 4.13. The first-order chi connectivity index (χ1) is 9.75. The van der Waals surface area contributed by atoms with Gasteiger partial charge in [-0.2, -0.15) is 0 Å². The average molecular weight is 306 g/mol. The molecule has 3 N–H and O–H groups in total. The summed E-state index contributed by atoms with van der Waals surface area (Å²) in [6, 6.07) is 8.10. The lowest BCUT2D eigenvalue weighted by atomic mass is 10.2. The second-order valence-electron chi connectivity index (χ2n) is 5.11. The molecule has 0 saturated carbocycles. The summed E-state index contributed by atoms with van der Waals surface area (Å²) in [5, 5.41) is 3.09. The Bertz CT molecular complexity index is 740. The SMILES string of the molecule is CC(C)c1nc(N)cc(Nc2ccc(S(C)(=O)=O)cc2)n1. The largest absolute Gasteiger partial charge is 0.384 e. The molecule has 112 valence electrons. The molecule has 0 bridgehead atoms. The summed E-state index contributed by atoms with van der Waals surface area (Å²) in [6.45, 7) is 3.97. The van der Waals surface area contributed by atoms with Gasteiger partial charge in [-0.3, -0.25) is 0 Å². The van der Waals surface area contributed by atoms with Crippen molar-refractivity contribution in [2.45, 2.75) is 24.7 Å². The van der Waals surface area contributed by atoms with Crippen LogP contribution < -0.4 is 11.1 Å². The fourth-order valence-corrected chi connectivity index (χ4v) is 2.37. The second kappa shape index (κ2) is 5.69. The number of anilines is 3. The minimum Gasteiger partial charge on any atom is -0.384 e. The molecule has 0 radical (unpaired) electrons. The predicted octanol–water partition coefficient (Wildman–Crippen LogP) is 2.33. The van der Waals surface area contributed by atoms with Crippen LogP contribution in [0.5, 0.6) is 0 Å². The smallest absolute Gasteiger partial charge is 0.175 e. The lowest BCUT2D eigenvalue weighted by Crippen LogP contribution is -2.05. The molecule has 1 aromatic carbocycles. The molecule has 0 amide bonds. The molecule has 0 spiro atoms. The third kappa shape index (κ3) is 3.91. The van der Waals surface area contributed by atoms with E-state index in [2.05, 4.69) is 15.3 Å². The van der Waals surface area contributed by atoms with Gasteiger partial charge in [-0.25, -0.2) is 18.4 Å². The third-order valence-corrected chi connectivity index (χ3v) is 3.96. The average Bonchev–Trinajstić information content (AvgIpc) is 2.37. The Hall–Kier alpha value is -2.15. The number of rotatable bonds is 4. The maximum atomic E-state index is 11.4. The molecule has 1 heterocycles. The maximum absolute atomic E-state index is 11.4. The normalized spacial score (nSPS) is 11.6. The van der Waals surface area contributed by atoms with Crippen LogP contribution in [0.25, 0.3) is 0 Å². The summed E-state index contributed by atoms with van der Waals surface area (Å²) in [7, 11) is -3.19. The van der Waals surface area contributed by atoms with E-state index in [1.807, 2.05) is 13.8 Å². The summed E-state index contributed by atoms with van der Waals surface area (Å²) in [5.74, 6) is 1.80. The van der Waals surface area contributed by atoms with Gasteiger partial charge in [0.25, 0.3) is 0 Å². The highest BCUT2D eigenvalue weighted by atomic mass is 32.2. The fourth-order valence-electron chi connectivity index (χ4n) is 1.74. The summed E-state index contributed by atoms with van der Waals surface area (Å²) in [6.07, 6.45) is 1.18. The van der Waals surface area contributed by atoms with Crippen LogP contribution in [0.1, 0.15) is 25.6 Å². The van der Waals surface area contributed by atoms with Gasteiger partial charge in [0.2, 0.25) is 0 Å². The zero-order chi connectivity index (χ0) is 15.6. The van der Waals surface area contributed by atoms with Crippen molar-refractivity contribution in [1.29, 1.82) is 0 Å². The standard InChI is InChI=1S/C14H18N4O2S/c1-9(2)14-17-12(15)8-13(18-14)16-10-4-6-11(7-5-10)21(3,19)20/h4-9H,1-3H3,(H3,15,16,17,18). The van der Waals surface area contributed by atoms with Crippen LogP contribution in [-0.2, 0) is 9.84 Å². The molecular weight excluding hydrogens is 288 g/mol. The van der Waals surface area contributed by atoms with Crippen molar-refractivity contribution in [3.05, 3.63) is 36.2 Å². The van der Waals surface area contributed by atoms with Gasteiger partial charge in [-0.05, 0) is 24.3 Å². The number of benzene rings is 1. The predicted molar refractivity (Wildman–Crippen MR) is 83.4 cm³/mol. The van der Waals surface area contributed by atoms with Gasteiger partial charge < -0.3 is 11.1 Å². The molecule has 2 rings (SSSR count). The molecule has 0 aliphatic heterocycles. The van der Waals surface area contributed by atoms with Gasteiger partial charge in [0.1, 0.15) is 17.5 Å². The van der Waals surface area contributed by atoms with Gasteiger partial charge in [-0.15, -0.1) is 0 Å². The van der Waals surface area contributed by atoms with Crippen LogP contribution in [0.4, 0.5) is 17.3 Å². The molecule has 1 aromatic heterocycles. The van der Waals surface area contributed by atoms with E-state index in [1.54, 1.807) is 30.3 Å². The van der Waals surface area contributed by atoms with Crippen LogP contribution >= 0.6 is 0 Å². The molecule has 0 unspecified atom stereocenters. The summed E-state index contributed by atoms with van der Waals surface area (Å²) >= 11 is 0. The number of nitrogens with two attached hydrogens (primary N) is 1. The van der Waals surface area contributed by atoms with Gasteiger partial charge in [0.15, 0.2) is 9.84 Å². The van der Waals surface area contributed by atoms with Crippen molar-refractivity contribution < 1.29 is 8.42 Å². The number of hydrogen-bond donors (Lipinski definition) is 2. The zero-order valence-corrected chi connectivity index (χ0v) is 13.0. The Labute approximate surface area is 124 Å². The van der Waals surface area contributed by atoms with Crippen molar-refractivity contribution >= 4 is 27.2 Å². The summed E-state index contributed by atoms with van der Waals surface area (Å²) in [4.78, 5) is 8.82. The molecule has 0 atom stereocenters. The summed E-state index contributed by atoms with van der Waals surface area (Å²) < 4.78 is 22.8. The van der Waals surface area contributed by atoms with Crippen LogP contribution in [0.15, 0.2) is 35.2 Å². The number of nitrogens with zero attached hydrogens (tertiary/aromatic N) is 2. The number of hydrogen-bond acceptors (Lipinski definition) is 6. The van der Waals surface area contributed by atoms with E-state index in [1.165, 1.54) is 6.26 Å². The molecular formula is C14H18N4O2S. The minimum absolute atomic E-state index is 0.168. The first-order valence-corrected chi connectivity index (χ1v) is 8.36. The van der Waals surface area contributed by atoms with E-state index in [4.69, 9.17) is 5.73 Å². The molecule has 0 aliphatic rings. The van der Waals surface area contributed by atoms with Crippen molar-refractivity contribution in [2.24, 2.45) is 0 Å². The van der Waals surface area contributed by atoms with Crippen molar-refractivity contribution in [1.82, 2.24) is 9.97 Å². The Morgan fingerprint density at radius 3 is 2.29 bits per heavy atom. The highest BCUT2D eigenvalue weighted by molar-refractivity contribution is 7.90. The molecule has 0 saturated heterocycles. The first kappa shape index (κ1) is 15.2. The van der Waals surface area contributed by atoms with E-state index >= 15 is 0 Å². The third-order valence-electron chi connectivity index (χ3n) is 2.83. The van der Waals surface area contributed by atoms with Crippen molar-refractivity contribution in [3.8, 4) is 0 Å². The molecule has 2 aromatic rings. The first-order valence-electron chi connectivity index (χ1n) is 6.47. The Balaban J connectivity index is 2.26. The van der Waals surface area contributed by atoms with Crippen LogP contribution in [-0.4, -0.2) is 24.6 Å². The highest BCUT2D eigenvalue weighted by Crippen LogP contribution is 2.20. The topological polar surface area (TPSA) is 98.0 Å². The van der Waals surface area contributed by atoms with Gasteiger partial charge in [-0.1, -0.05) is 13.8 Å². The monoisotopic (exact) mass is 306 g/mol. The zero-order valence-electron chi connectivity index (χ0n) is 12.2. The highest BCUT2D eigenvalue weighted by Gasteiger charge is 2.08. The molecule has 0 aliphatic carbocycles. The lowest BCUT2D eigenvalue weighted by molar-refractivity contribution is 0.602. The van der Waals surface area contributed by atoms with E-state index < -0.39 is 9.84 Å². The minimum atomic E-state index is -3.19. The van der Waals surface area contributed by atoms with E-state index in [0.29, 0.717) is 17.5 Å². The van der Waals surface area contributed by atoms with Crippen LogP contribution in [0.2, 0.25) is 0 Å². The Morgan fingerprint density at radius 1 is 1.14 bits per heavy atom. The van der Waals surface area contributed by atoms with E-state index in [9.17, 15) is 8.42 Å². The summed E-state index contributed by atoms with van der Waals surface area (Å²) in [5.41, 5.74) is 6.49. The molecule has 21 heavy (non-hydrogen) atoms. The van der Waals surface area contributed by atoms with E-state index in [0.717, 1.165) is 5.69 Å². The van der Waals surface area contributed by atoms with Crippen molar-refractivity contribution in [2.75, 3.05) is 17.3 Å². The number of nitrogens with one attached hydrogen (secondary N) is 1. The number of sulfone groups is 1. The van der Waals surface area contributed by atoms with Gasteiger partial charge in [0.05, 0.1) is 4.90 Å². The van der Waals surface area contributed by atoms with E-state index in [-0.39, 0.29) is 10.8 Å². The van der Waals surface area contributed by atoms with Gasteiger partial charge in [0, 0.05) is 23.9 Å². The molecule has 6 nitrogen and oxygen atoms in total. The number of nitrogen functional groups attached to an aromatic ring is 1. The fraction of sp³-hybridized carbons (Fsp3) is 0.286. The van der Waals surface area contributed by atoms with Crippen LogP contribution in [0, 0.1) is 0 Å². The van der Waals surface area contributed by atoms with Crippen LogP contribution in [0.3, 0.4) is 0 Å². The Morgan fingerprint density at radius 2 is 1.76 bits per heavy atom.